The standard InChI is InChI=1S/C10H9ClN4/c11-7-4-2-1-3-6(7)9-5-8(12)10(13)15-14-9/h1-5H,(H2,12,14)(H2,13,15). The average Bonchev–Trinajstić information content (AvgIpc) is 2.23. The Morgan fingerprint density at radius 1 is 1.07 bits per heavy atom. The van der Waals surface area contributed by atoms with E-state index in [4.69, 9.17) is 23.1 Å². The second kappa shape index (κ2) is 3.74. The molecule has 4 N–H and O–H groups in total. The number of nitrogens with zero attached hydrogens (tertiary/aromatic N) is 2. The lowest BCUT2D eigenvalue weighted by Crippen LogP contribution is -2.00. The van der Waals surface area contributed by atoms with Crippen molar-refractivity contribution in [1.82, 2.24) is 10.2 Å². The molecule has 0 spiro atoms. The van der Waals surface area contributed by atoms with E-state index in [9.17, 15) is 0 Å². The average molecular weight is 221 g/mol. The first-order valence-electron chi connectivity index (χ1n) is 4.32. The van der Waals surface area contributed by atoms with Gasteiger partial charge < -0.3 is 11.5 Å². The molecule has 0 aliphatic heterocycles. The van der Waals surface area contributed by atoms with E-state index in [1.54, 1.807) is 12.1 Å². The molecule has 4 nitrogen and oxygen atoms in total. The third kappa shape index (κ3) is 1.85. The Morgan fingerprint density at radius 3 is 2.47 bits per heavy atom. The van der Waals surface area contributed by atoms with E-state index >= 15 is 0 Å². The van der Waals surface area contributed by atoms with Gasteiger partial charge in [-0.15, -0.1) is 10.2 Å². The zero-order valence-electron chi connectivity index (χ0n) is 7.81. The molecular formula is C10H9ClN4. The second-order valence-corrected chi connectivity index (χ2v) is 3.46. The van der Waals surface area contributed by atoms with Crippen molar-refractivity contribution in [2.24, 2.45) is 0 Å². The largest absolute Gasteiger partial charge is 0.396 e. The molecule has 2 aromatic rings. The van der Waals surface area contributed by atoms with E-state index < -0.39 is 0 Å². The summed E-state index contributed by atoms with van der Waals surface area (Å²) in [4.78, 5) is 0. The lowest BCUT2D eigenvalue weighted by atomic mass is 10.1. The van der Waals surface area contributed by atoms with Crippen molar-refractivity contribution in [3.8, 4) is 11.3 Å². The molecule has 0 saturated heterocycles. The smallest absolute Gasteiger partial charge is 0.169 e. The van der Waals surface area contributed by atoms with Gasteiger partial charge in [0.1, 0.15) is 0 Å². The zero-order valence-corrected chi connectivity index (χ0v) is 8.57. The highest BCUT2D eigenvalue weighted by Crippen LogP contribution is 2.27. The summed E-state index contributed by atoms with van der Waals surface area (Å²) in [5.74, 6) is 0.228. The van der Waals surface area contributed by atoms with Gasteiger partial charge in [-0.25, -0.2) is 0 Å². The van der Waals surface area contributed by atoms with Gasteiger partial charge in [-0.3, -0.25) is 0 Å². The van der Waals surface area contributed by atoms with Gasteiger partial charge in [0, 0.05) is 5.56 Å². The fourth-order valence-corrected chi connectivity index (χ4v) is 1.45. The Bertz CT molecular complexity index is 499. The van der Waals surface area contributed by atoms with E-state index in [0.29, 0.717) is 16.4 Å². The van der Waals surface area contributed by atoms with Gasteiger partial charge in [0.25, 0.3) is 0 Å². The van der Waals surface area contributed by atoms with E-state index in [1.807, 2.05) is 18.2 Å². The number of halogens is 1. The highest BCUT2D eigenvalue weighted by Gasteiger charge is 2.06. The van der Waals surface area contributed by atoms with Crippen molar-refractivity contribution < 1.29 is 0 Å². The topological polar surface area (TPSA) is 77.8 Å². The Hall–Kier alpha value is -1.81. The van der Waals surface area contributed by atoms with E-state index in [0.717, 1.165) is 5.56 Å². The molecule has 15 heavy (non-hydrogen) atoms. The molecule has 1 heterocycles. The molecule has 1 aromatic carbocycles. The molecule has 0 amide bonds. The first kappa shape index (κ1) is 9.73. The number of rotatable bonds is 1. The Labute approximate surface area is 91.9 Å². The molecule has 1 aromatic heterocycles. The quantitative estimate of drug-likeness (QED) is 0.770. The van der Waals surface area contributed by atoms with Crippen molar-refractivity contribution in [2.75, 3.05) is 11.5 Å². The van der Waals surface area contributed by atoms with Gasteiger partial charge in [0.05, 0.1) is 16.4 Å². The monoisotopic (exact) mass is 220 g/mol. The van der Waals surface area contributed by atoms with Crippen LogP contribution in [0.1, 0.15) is 0 Å². The van der Waals surface area contributed by atoms with Crippen LogP contribution in [-0.2, 0) is 0 Å². The summed E-state index contributed by atoms with van der Waals surface area (Å²) in [6.07, 6.45) is 0. The molecule has 0 bridgehead atoms. The van der Waals surface area contributed by atoms with Crippen LogP contribution in [0.5, 0.6) is 0 Å². The van der Waals surface area contributed by atoms with Crippen LogP contribution in [0.3, 0.4) is 0 Å². The van der Waals surface area contributed by atoms with Crippen LogP contribution in [0.4, 0.5) is 11.5 Å². The molecule has 0 radical (unpaired) electrons. The highest BCUT2D eigenvalue weighted by molar-refractivity contribution is 6.33. The third-order valence-corrected chi connectivity index (χ3v) is 2.33. The summed E-state index contributed by atoms with van der Waals surface area (Å²) in [5, 5.41) is 8.28. The molecule has 2 rings (SSSR count). The molecule has 5 heteroatoms. The molecule has 76 valence electrons. The lowest BCUT2D eigenvalue weighted by molar-refractivity contribution is 1.05. The summed E-state index contributed by atoms with van der Waals surface area (Å²) in [6, 6.07) is 9.01. The molecule has 0 aliphatic carbocycles. The minimum absolute atomic E-state index is 0.228. The van der Waals surface area contributed by atoms with Crippen LogP contribution in [0.25, 0.3) is 11.3 Å². The minimum Gasteiger partial charge on any atom is -0.396 e. The van der Waals surface area contributed by atoms with Crippen molar-refractivity contribution in [1.29, 1.82) is 0 Å². The van der Waals surface area contributed by atoms with Crippen molar-refractivity contribution in [3.05, 3.63) is 35.4 Å². The molecule has 0 atom stereocenters. The zero-order chi connectivity index (χ0) is 10.8. The van der Waals surface area contributed by atoms with Gasteiger partial charge in [-0.1, -0.05) is 29.8 Å². The van der Waals surface area contributed by atoms with Crippen LogP contribution in [0.2, 0.25) is 5.02 Å². The first-order chi connectivity index (χ1) is 7.18. The number of hydrogen-bond acceptors (Lipinski definition) is 4. The summed E-state index contributed by atoms with van der Waals surface area (Å²) in [5.41, 5.74) is 12.9. The maximum Gasteiger partial charge on any atom is 0.169 e. The number of aromatic nitrogens is 2. The molecule has 0 unspecified atom stereocenters. The molecule has 0 fully saturated rings. The minimum atomic E-state index is 0.228. The summed E-state index contributed by atoms with van der Waals surface area (Å²) >= 11 is 6.01. The van der Waals surface area contributed by atoms with Gasteiger partial charge in [0.15, 0.2) is 5.82 Å². The van der Waals surface area contributed by atoms with Gasteiger partial charge >= 0.3 is 0 Å². The summed E-state index contributed by atoms with van der Waals surface area (Å²) < 4.78 is 0. The van der Waals surface area contributed by atoms with Crippen LogP contribution < -0.4 is 11.5 Å². The van der Waals surface area contributed by atoms with Crippen molar-refractivity contribution >= 4 is 23.1 Å². The number of nitrogen functional groups attached to an aromatic ring is 2. The lowest BCUT2D eigenvalue weighted by Gasteiger charge is -2.04. The third-order valence-electron chi connectivity index (χ3n) is 2.00. The highest BCUT2D eigenvalue weighted by atomic mass is 35.5. The predicted molar refractivity (Wildman–Crippen MR) is 61.3 cm³/mol. The number of anilines is 2. The van der Waals surface area contributed by atoms with Crippen LogP contribution >= 0.6 is 11.6 Å². The number of benzene rings is 1. The fourth-order valence-electron chi connectivity index (χ4n) is 1.22. The van der Waals surface area contributed by atoms with Crippen LogP contribution in [0.15, 0.2) is 30.3 Å². The van der Waals surface area contributed by atoms with Crippen LogP contribution in [-0.4, -0.2) is 10.2 Å². The van der Waals surface area contributed by atoms with Crippen molar-refractivity contribution in [3.63, 3.8) is 0 Å². The maximum absolute atomic E-state index is 6.01. The Kier molecular flexibility index (Phi) is 2.43. The van der Waals surface area contributed by atoms with Crippen LogP contribution in [0, 0.1) is 0 Å². The molecule has 0 saturated carbocycles. The first-order valence-corrected chi connectivity index (χ1v) is 4.70. The number of hydrogen-bond donors (Lipinski definition) is 2. The molecule has 0 aliphatic rings. The van der Waals surface area contributed by atoms with E-state index in [-0.39, 0.29) is 5.82 Å². The normalized spacial score (nSPS) is 10.2. The molecular weight excluding hydrogens is 212 g/mol. The van der Waals surface area contributed by atoms with Crippen molar-refractivity contribution in [2.45, 2.75) is 0 Å². The SMILES string of the molecule is Nc1cc(-c2ccccc2Cl)nnc1N. The van der Waals surface area contributed by atoms with E-state index in [1.165, 1.54) is 0 Å². The van der Waals surface area contributed by atoms with Gasteiger partial charge in [-0.2, -0.15) is 0 Å². The fraction of sp³-hybridized carbons (Fsp3) is 0. The maximum atomic E-state index is 6.01. The van der Waals surface area contributed by atoms with Gasteiger partial charge in [0.2, 0.25) is 0 Å². The Morgan fingerprint density at radius 2 is 1.80 bits per heavy atom. The Balaban J connectivity index is 2.55. The van der Waals surface area contributed by atoms with E-state index in [2.05, 4.69) is 10.2 Å². The van der Waals surface area contributed by atoms with Gasteiger partial charge in [-0.05, 0) is 12.1 Å². The summed E-state index contributed by atoms with van der Waals surface area (Å²) in [7, 11) is 0. The number of nitrogens with two attached hydrogens (primary N) is 2. The second-order valence-electron chi connectivity index (χ2n) is 3.05. The predicted octanol–water partition coefficient (Wildman–Crippen LogP) is 1.96. The summed E-state index contributed by atoms with van der Waals surface area (Å²) in [6.45, 7) is 0.